The lowest BCUT2D eigenvalue weighted by atomic mass is 10.0. The highest BCUT2D eigenvalue weighted by Gasteiger charge is 2.32. The predicted octanol–water partition coefficient (Wildman–Crippen LogP) is 14.4. The Balaban J connectivity index is 1.24. The van der Waals surface area contributed by atoms with Crippen LogP contribution in [0.25, 0.3) is 89.2 Å². The summed E-state index contributed by atoms with van der Waals surface area (Å²) in [6, 6.07) is 70.5. The summed E-state index contributed by atoms with van der Waals surface area (Å²) in [6.07, 6.45) is 3.77. The molecular weight excluding hydrogens is 803 g/mol. The number of para-hydroxylation sites is 4. The van der Waals surface area contributed by atoms with Gasteiger partial charge in [-0.2, -0.15) is 0 Å². The van der Waals surface area contributed by atoms with Crippen LogP contribution in [0.15, 0.2) is 222 Å². The van der Waals surface area contributed by atoms with Gasteiger partial charge in [-0.15, -0.1) is 0 Å². The quantitative estimate of drug-likeness (QED) is 0.166. The molecule has 1 aliphatic heterocycles. The Morgan fingerprint density at radius 1 is 0.359 bits per heavy atom. The van der Waals surface area contributed by atoms with E-state index >= 15 is 0 Å². The molecule has 7 aromatic carbocycles. The lowest BCUT2D eigenvalue weighted by Crippen LogP contribution is -2.19. The Labute approximate surface area is 372 Å². The van der Waals surface area contributed by atoms with E-state index in [2.05, 4.69) is 178 Å². The first kappa shape index (κ1) is 36.3. The van der Waals surface area contributed by atoms with Gasteiger partial charge in [-0.3, -0.25) is 9.97 Å². The van der Waals surface area contributed by atoms with Gasteiger partial charge in [-0.25, -0.2) is 9.97 Å². The number of fused-ring (bicyclic) bond motifs is 8. The number of pyridine rings is 2. The van der Waals surface area contributed by atoms with Gasteiger partial charge in [0.25, 0.3) is 0 Å². The van der Waals surface area contributed by atoms with Crippen LogP contribution in [0.4, 0.5) is 17.1 Å². The molecule has 0 amide bonds. The van der Waals surface area contributed by atoms with Crippen LogP contribution in [0.1, 0.15) is 0 Å². The molecule has 1 aliphatic rings. The molecule has 7 nitrogen and oxygen atoms in total. The van der Waals surface area contributed by atoms with Crippen molar-refractivity contribution in [1.82, 2.24) is 29.1 Å². The van der Waals surface area contributed by atoms with Crippen molar-refractivity contribution in [3.05, 3.63) is 213 Å². The molecule has 0 fully saturated rings. The van der Waals surface area contributed by atoms with Crippen molar-refractivity contribution in [2.45, 2.75) is 9.79 Å². The topological polar surface area (TPSA) is 64.7 Å². The summed E-state index contributed by atoms with van der Waals surface area (Å²) in [4.78, 5) is 25.5. The summed E-state index contributed by atoms with van der Waals surface area (Å²) in [5.41, 5.74) is 15.7. The van der Waals surface area contributed by atoms with E-state index in [9.17, 15) is 0 Å². The van der Waals surface area contributed by atoms with E-state index in [1.165, 1.54) is 9.79 Å². The van der Waals surface area contributed by atoms with E-state index < -0.39 is 0 Å². The van der Waals surface area contributed by atoms with Gasteiger partial charge in [0.05, 0.1) is 72.9 Å². The van der Waals surface area contributed by atoms with Crippen molar-refractivity contribution >= 4 is 72.7 Å². The minimum Gasteiger partial charge on any atom is -0.305 e. The van der Waals surface area contributed by atoms with E-state index in [1.54, 1.807) is 11.8 Å². The second-order valence-corrected chi connectivity index (χ2v) is 17.0. The maximum absolute atomic E-state index is 5.44. The van der Waals surface area contributed by atoms with Crippen molar-refractivity contribution in [3.63, 3.8) is 0 Å². The van der Waals surface area contributed by atoms with E-state index in [0.29, 0.717) is 5.82 Å². The van der Waals surface area contributed by atoms with Crippen molar-refractivity contribution in [3.8, 4) is 45.3 Å². The number of hydrogen-bond donors (Lipinski definition) is 0. The van der Waals surface area contributed by atoms with Crippen LogP contribution < -0.4 is 4.90 Å². The van der Waals surface area contributed by atoms with Crippen molar-refractivity contribution in [2.75, 3.05) is 4.90 Å². The van der Waals surface area contributed by atoms with Crippen molar-refractivity contribution < 1.29 is 0 Å². The number of rotatable bonds is 6. The number of benzene rings is 7. The highest BCUT2D eigenvalue weighted by atomic mass is 32.2. The zero-order chi connectivity index (χ0) is 42.1. The van der Waals surface area contributed by atoms with Crippen LogP contribution in [0, 0.1) is 0 Å². The lowest BCUT2D eigenvalue weighted by Gasteiger charge is -2.36. The maximum Gasteiger partial charge on any atom is 0.160 e. The first-order valence-electron chi connectivity index (χ1n) is 21.3. The van der Waals surface area contributed by atoms with Gasteiger partial charge in [-0.05, 0) is 78.9 Å². The number of hydrogen-bond acceptors (Lipinski definition) is 6. The number of nitrogens with zero attached hydrogens (tertiary/aromatic N) is 7. The monoisotopic (exact) mass is 837 g/mol. The molecule has 0 bridgehead atoms. The Morgan fingerprint density at radius 2 is 0.812 bits per heavy atom. The van der Waals surface area contributed by atoms with Gasteiger partial charge >= 0.3 is 0 Å². The van der Waals surface area contributed by atoms with Crippen LogP contribution in [0.5, 0.6) is 0 Å². The molecule has 6 heterocycles. The van der Waals surface area contributed by atoms with Crippen LogP contribution >= 0.6 is 11.8 Å². The first-order valence-corrected chi connectivity index (χ1v) is 22.1. The molecule has 0 unspecified atom stereocenters. The molecule has 64 heavy (non-hydrogen) atoms. The molecule has 8 heteroatoms. The summed E-state index contributed by atoms with van der Waals surface area (Å²) in [7, 11) is 0. The molecule has 12 aromatic rings. The van der Waals surface area contributed by atoms with E-state index in [4.69, 9.17) is 19.9 Å². The molecule has 0 saturated heterocycles. The second-order valence-electron chi connectivity index (χ2n) is 15.9. The second kappa shape index (κ2) is 14.7. The van der Waals surface area contributed by atoms with Crippen LogP contribution in [-0.2, 0) is 0 Å². The van der Waals surface area contributed by atoms with Gasteiger partial charge < -0.3 is 14.0 Å². The molecule has 0 spiro atoms. The van der Waals surface area contributed by atoms with E-state index in [0.717, 1.165) is 100 Å². The molecule has 5 aromatic heterocycles. The highest BCUT2D eigenvalue weighted by Crippen LogP contribution is 2.55. The summed E-state index contributed by atoms with van der Waals surface area (Å²) < 4.78 is 4.80. The minimum atomic E-state index is 0.655. The summed E-state index contributed by atoms with van der Waals surface area (Å²) >= 11 is 1.80. The molecule has 0 N–H and O–H groups in total. The Bertz CT molecular complexity index is 3440. The molecular formula is C56H35N7S. The fourth-order valence-corrected chi connectivity index (χ4v) is 10.5. The molecule has 0 radical (unpaired) electrons. The van der Waals surface area contributed by atoms with Gasteiger partial charge in [-0.1, -0.05) is 133 Å². The fraction of sp³-hybridized carbons (Fsp3) is 0. The lowest BCUT2D eigenvalue weighted by molar-refractivity contribution is 1.07. The number of aromatic nitrogens is 6. The average Bonchev–Trinajstić information content (AvgIpc) is 3.89. The summed E-state index contributed by atoms with van der Waals surface area (Å²) in [5, 5.41) is 2.15. The third kappa shape index (κ3) is 5.70. The van der Waals surface area contributed by atoms with Crippen LogP contribution in [-0.4, -0.2) is 29.1 Å². The Morgan fingerprint density at radius 3 is 1.38 bits per heavy atom. The standard InChI is InChI=1S/C56H35N7S/c1-3-17-36(18-4-1)41-35-42(60-56(59-41)37-19-5-2-6-20-37)38-33-49(61-43-23-9-7-21-39(43)53-47(61)27-15-31-57-53)55(63-45-25-11-13-29-51(45)64-52-30-14-12-26-46(52)63)50(34-38)62-44-24-10-8-22-40(44)54-48(62)28-16-32-58-54/h1-35H. The first-order chi connectivity index (χ1) is 31.8. The fourth-order valence-electron chi connectivity index (χ4n) is 9.42. The molecule has 0 atom stereocenters. The van der Waals surface area contributed by atoms with Gasteiger partial charge in [0.15, 0.2) is 5.82 Å². The van der Waals surface area contributed by atoms with Crippen LogP contribution in [0.3, 0.4) is 0 Å². The number of anilines is 3. The third-order valence-electron chi connectivity index (χ3n) is 12.2. The SMILES string of the molecule is c1ccc(-c2cc(-c3cc(-n4c5ccccc5c5ncccc54)c(N4c5ccccc5Sc5ccccc54)c(-n4c5ccccc5c5ncccc54)c3)nc(-c3ccccc3)n2)cc1. The normalized spacial score (nSPS) is 12.3. The largest absolute Gasteiger partial charge is 0.305 e. The van der Waals surface area contributed by atoms with Gasteiger partial charge in [0.1, 0.15) is 0 Å². The maximum atomic E-state index is 5.44. The zero-order valence-corrected chi connectivity index (χ0v) is 35.1. The molecule has 0 saturated carbocycles. The van der Waals surface area contributed by atoms with Crippen molar-refractivity contribution in [1.29, 1.82) is 0 Å². The molecule has 13 rings (SSSR count). The van der Waals surface area contributed by atoms with Gasteiger partial charge in [0, 0.05) is 49.6 Å². The zero-order valence-electron chi connectivity index (χ0n) is 34.2. The van der Waals surface area contributed by atoms with Crippen molar-refractivity contribution in [2.24, 2.45) is 0 Å². The average molecular weight is 838 g/mol. The minimum absolute atomic E-state index is 0.655. The molecule has 0 aliphatic carbocycles. The summed E-state index contributed by atoms with van der Waals surface area (Å²) in [6.45, 7) is 0. The smallest absolute Gasteiger partial charge is 0.160 e. The Kier molecular flexibility index (Phi) is 8.32. The van der Waals surface area contributed by atoms with Crippen LogP contribution in [0.2, 0.25) is 0 Å². The Hall–Kier alpha value is -8.33. The van der Waals surface area contributed by atoms with E-state index in [1.807, 2.05) is 48.8 Å². The molecule has 300 valence electrons. The third-order valence-corrected chi connectivity index (χ3v) is 13.3. The summed E-state index contributed by atoms with van der Waals surface area (Å²) in [5.74, 6) is 0.655. The van der Waals surface area contributed by atoms with Gasteiger partial charge in [0.2, 0.25) is 0 Å². The predicted molar refractivity (Wildman–Crippen MR) is 261 cm³/mol. The van der Waals surface area contributed by atoms with E-state index in [-0.39, 0.29) is 0 Å². The highest BCUT2D eigenvalue weighted by molar-refractivity contribution is 7.99.